The van der Waals surface area contributed by atoms with Crippen molar-refractivity contribution in [1.29, 1.82) is 0 Å². The van der Waals surface area contributed by atoms with Crippen LogP contribution in [-0.2, 0) is 24.3 Å². The second kappa shape index (κ2) is 10.2. The van der Waals surface area contributed by atoms with Gasteiger partial charge in [-0.2, -0.15) is 0 Å². The summed E-state index contributed by atoms with van der Waals surface area (Å²) in [6, 6.07) is 21.5. The van der Waals surface area contributed by atoms with E-state index in [4.69, 9.17) is 5.73 Å². The fourth-order valence-corrected chi connectivity index (χ4v) is 3.90. The zero-order valence-electron chi connectivity index (χ0n) is 18.7. The molecule has 0 saturated heterocycles. The van der Waals surface area contributed by atoms with E-state index in [-0.39, 0.29) is 24.1 Å². The van der Waals surface area contributed by atoms with E-state index in [0.29, 0.717) is 25.2 Å². The average Bonchev–Trinajstić information content (AvgIpc) is 3.30. The second-order valence-corrected chi connectivity index (χ2v) is 8.22. The molecule has 4 rings (SSSR count). The minimum absolute atomic E-state index is 0.0431. The summed E-state index contributed by atoms with van der Waals surface area (Å²) in [6.45, 7) is 2.56. The molecule has 1 amide bonds. The normalized spacial score (nSPS) is 11.9. The van der Waals surface area contributed by atoms with Crippen LogP contribution in [0, 0.1) is 6.92 Å². The number of aryl methyl sites for hydroxylation is 1. The molecule has 0 radical (unpaired) electrons. The summed E-state index contributed by atoms with van der Waals surface area (Å²) in [5.41, 5.74) is 10.1. The quantitative estimate of drug-likeness (QED) is 0.319. The maximum absolute atomic E-state index is 13.1. The van der Waals surface area contributed by atoms with Crippen LogP contribution in [0.4, 0.5) is 5.69 Å². The molecule has 170 valence electrons. The van der Waals surface area contributed by atoms with E-state index in [1.165, 1.54) is 4.57 Å². The van der Waals surface area contributed by atoms with Crippen molar-refractivity contribution >= 4 is 22.5 Å². The van der Waals surface area contributed by atoms with Gasteiger partial charge < -0.3 is 25.9 Å². The van der Waals surface area contributed by atoms with Crippen LogP contribution in [0.2, 0.25) is 0 Å². The average molecular weight is 444 g/mol. The van der Waals surface area contributed by atoms with E-state index < -0.39 is 0 Å². The fourth-order valence-electron chi connectivity index (χ4n) is 3.90. The molecule has 0 aliphatic carbocycles. The minimum atomic E-state index is -0.231. The van der Waals surface area contributed by atoms with E-state index in [1.54, 1.807) is 6.07 Å². The van der Waals surface area contributed by atoms with E-state index in [9.17, 15) is 9.59 Å². The Kier molecular flexibility index (Phi) is 6.90. The van der Waals surface area contributed by atoms with Crippen LogP contribution in [-0.4, -0.2) is 28.0 Å². The highest BCUT2D eigenvalue weighted by Crippen LogP contribution is 2.14. The molecule has 7 heteroatoms. The Balaban J connectivity index is 1.42. The Morgan fingerprint density at radius 3 is 2.67 bits per heavy atom. The molecular formula is C26H29N5O2. The molecule has 0 fully saturated rings. The molecule has 5 N–H and O–H groups in total. The number of nitrogens with zero attached hydrogens (tertiary/aromatic N) is 1. The summed E-state index contributed by atoms with van der Waals surface area (Å²) in [7, 11) is 0. The molecular weight excluding hydrogens is 414 g/mol. The number of aromatic nitrogens is 2. The first kappa shape index (κ1) is 22.4. The highest BCUT2D eigenvalue weighted by molar-refractivity contribution is 5.80. The third-order valence-corrected chi connectivity index (χ3v) is 5.77. The monoisotopic (exact) mass is 443 g/mol. The maximum Gasteiger partial charge on any atom is 0.274 e. The first-order valence-corrected chi connectivity index (χ1v) is 11.1. The molecule has 7 nitrogen and oxygen atoms in total. The number of aromatic amines is 1. The van der Waals surface area contributed by atoms with Crippen LogP contribution < -0.4 is 21.9 Å². The molecule has 2 aromatic carbocycles. The van der Waals surface area contributed by atoms with Crippen molar-refractivity contribution in [3.8, 4) is 0 Å². The molecule has 0 aliphatic heterocycles. The van der Waals surface area contributed by atoms with Gasteiger partial charge in [0.1, 0.15) is 12.2 Å². The molecule has 2 aromatic heterocycles. The summed E-state index contributed by atoms with van der Waals surface area (Å²) in [4.78, 5) is 28.9. The lowest BCUT2D eigenvalue weighted by atomic mass is 10.1. The van der Waals surface area contributed by atoms with Gasteiger partial charge in [-0.3, -0.25) is 9.59 Å². The molecule has 0 bridgehead atoms. The number of rotatable bonds is 9. The van der Waals surface area contributed by atoms with Gasteiger partial charge in [-0.05, 0) is 60.2 Å². The minimum Gasteiger partial charge on any atom is -0.376 e. The molecule has 0 spiro atoms. The largest absolute Gasteiger partial charge is 0.376 e. The van der Waals surface area contributed by atoms with Crippen LogP contribution in [0.1, 0.15) is 16.8 Å². The topological polar surface area (TPSA) is 105 Å². The van der Waals surface area contributed by atoms with Gasteiger partial charge in [-0.15, -0.1) is 0 Å². The standard InChI is InChI=1S/C26H29N5O2/c1-18-7-9-24(30-22(15-27)14-19-5-3-2-4-6-19)26(33)31(18)17-25(32)29-16-20-8-10-23-21(13-20)11-12-28-23/h2-13,22,28,30H,14-17,27H2,1H3,(H,29,32). The highest BCUT2D eigenvalue weighted by atomic mass is 16.2. The van der Waals surface area contributed by atoms with E-state index in [0.717, 1.165) is 27.7 Å². The van der Waals surface area contributed by atoms with Crippen molar-refractivity contribution in [1.82, 2.24) is 14.9 Å². The summed E-state index contributed by atoms with van der Waals surface area (Å²) >= 11 is 0. The number of nitrogens with one attached hydrogen (secondary N) is 3. The molecule has 33 heavy (non-hydrogen) atoms. The van der Waals surface area contributed by atoms with Crippen LogP contribution in [0.5, 0.6) is 0 Å². The SMILES string of the molecule is Cc1ccc(NC(CN)Cc2ccccc2)c(=O)n1CC(=O)NCc1ccc2[nH]ccc2c1. The van der Waals surface area contributed by atoms with Gasteiger partial charge >= 0.3 is 0 Å². The van der Waals surface area contributed by atoms with E-state index >= 15 is 0 Å². The maximum atomic E-state index is 13.1. The summed E-state index contributed by atoms with van der Waals surface area (Å²) in [5, 5.41) is 7.27. The number of benzene rings is 2. The molecule has 0 saturated carbocycles. The number of nitrogens with two attached hydrogens (primary N) is 1. The van der Waals surface area contributed by atoms with Crippen molar-refractivity contribution in [3.05, 3.63) is 100 Å². The summed E-state index contributed by atoms with van der Waals surface area (Å²) in [5.74, 6) is -0.217. The van der Waals surface area contributed by atoms with Crippen LogP contribution in [0.15, 0.2) is 77.7 Å². The van der Waals surface area contributed by atoms with Crippen LogP contribution in [0.3, 0.4) is 0 Å². The summed E-state index contributed by atoms with van der Waals surface area (Å²) in [6.07, 6.45) is 2.59. The zero-order valence-corrected chi connectivity index (χ0v) is 18.7. The lowest BCUT2D eigenvalue weighted by Crippen LogP contribution is -2.37. The van der Waals surface area contributed by atoms with E-state index in [1.807, 2.05) is 73.8 Å². The van der Waals surface area contributed by atoms with Gasteiger partial charge in [0, 0.05) is 36.5 Å². The van der Waals surface area contributed by atoms with Gasteiger partial charge in [-0.1, -0.05) is 36.4 Å². The molecule has 4 aromatic rings. The number of amides is 1. The number of fused-ring (bicyclic) bond motifs is 1. The smallest absolute Gasteiger partial charge is 0.274 e. The number of hydrogen-bond donors (Lipinski definition) is 4. The lowest BCUT2D eigenvalue weighted by Gasteiger charge is -2.19. The van der Waals surface area contributed by atoms with Crippen molar-refractivity contribution in [2.45, 2.75) is 32.5 Å². The molecule has 2 heterocycles. The fraction of sp³-hybridized carbons (Fsp3) is 0.231. The first-order valence-electron chi connectivity index (χ1n) is 11.1. The van der Waals surface area contributed by atoms with Gasteiger partial charge in [0.25, 0.3) is 5.56 Å². The molecule has 1 unspecified atom stereocenters. The Hall–Kier alpha value is -3.84. The van der Waals surface area contributed by atoms with Crippen LogP contribution >= 0.6 is 0 Å². The van der Waals surface area contributed by atoms with Crippen molar-refractivity contribution < 1.29 is 4.79 Å². The Morgan fingerprint density at radius 1 is 1.06 bits per heavy atom. The van der Waals surface area contributed by atoms with Gasteiger partial charge in [-0.25, -0.2) is 0 Å². The number of carbonyl (C=O) groups excluding carboxylic acids is 1. The Morgan fingerprint density at radius 2 is 1.88 bits per heavy atom. The molecule has 0 aliphatic rings. The second-order valence-electron chi connectivity index (χ2n) is 8.22. The number of anilines is 1. The summed E-state index contributed by atoms with van der Waals surface area (Å²) < 4.78 is 1.49. The molecule has 1 atom stereocenters. The van der Waals surface area contributed by atoms with Crippen molar-refractivity contribution in [2.75, 3.05) is 11.9 Å². The van der Waals surface area contributed by atoms with Gasteiger partial charge in [0.05, 0.1) is 0 Å². The van der Waals surface area contributed by atoms with E-state index in [2.05, 4.69) is 15.6 Å². The first-order chi connectivity index (χ1) is 16.0. The zero-order chi connectivity index (χ0) is 23.2. The lowest BCUT2D eigenvalue weighted by molar-refractivity contribution is -0.121. The Bertz CT molecular complexity index is 1290. The third kappa shape index (κ3) is 5.51. The van der Waals surface area contributed by atoms with Crippen molar-refractivity contribution in [2.24, 2.45) is 5.73 Å². The predicted molar refractivity (Wildman–Crippen MR) is 132 cm³/mol. The van der Waals surface area contributed by atoms with Gasteiger partial charge in [0.15, 0.2) is 0 Å². The Labute approximate surface area is 192 Å². The third-order valence-electron chi connectivity index (χ3n) is 5.77. The van der Waals surface area contributed by atoms with Gasteiger partial charge in [0.2, 0.25) is 5.91 Å². The number of hydrogen-bond acceptors (Lipinski definition) is 4. The predicted octanol–water partition coefficient (Wildman–Crippen LogP) is 2.94. The highest BCUT2D eigenvalue weighted by Gasteiger charge is 2.14. The van der Waals surface area contributed by atoms with Crippen LogP contribution in [0.25, 0.3) is 10.9 Å². The number of H-pyrrole nitrogens is 1. The number of pyridine rings is 1. The number of carbonyl (C=O) groups is 1. The van der Waals surface area contributed by atoms with Crippen molar-refractivity contribution in [3.63, 3.8) is 0 Å².